The molecule has 3 unspecified atom stereocenters. The van der Waals surface area contributed by atoms with Gasteiger partial charge < -0.3 is 15.7 Å². The first-order valence-electron chi connectivity index (χ1n) is 7.73. The second-order valence-electron chi connectivity index (χ2n) is 7.03. The molecule has 4 heteroatoms. The molecule has 0 bridgehead atoms. The van der Waals surface area contributed by atoms with Crippen LogP contribution in [0.1, 0.15) is 32.3 Å². The molecule has 1 aromatic rings. The molecule has 1 aliphatic heterocycles. The molecule has 2 aliphatic rings. The normalized spacial score (nSPS) is 28.7. The molecular formula is C17H24N2O2. The summed E-state index contributed by atoms with van der Waals surface area (Å²) in [5.41, 5.74) is 6.86. The summed E-state index contributed by atoms with van der Waals surface area (Å²) in [5, 5.41) is 10.00. The molecule has 1 saturated heterocycles. The third kappa shape index (κ3) is 2.42. The van der Waals surface area contributed by atoms with Crippen LogP contribution in [-0.4, -0.2) is 35.1 Å². The molecule has 1 saturated carbocycles. The Labute approximate surface area is 125 Å². The van der Waals surface area contributed by atoms with Crippen LogP contribution in [0.25, 0.3) is 0 Å². The van der Waals surface area contributed by atoms with Crippen LogP contribution in [0.15, 0.2) is 24.3 Å². The van der Waals surface area contributed by atoms with Gasteiger partial charge in [-0.05, 0) is 50.3 Å². The molecule has 114 valence electrons. The summed E-state index contributed by atoms with van der Waals surface area (Å²) in [5.74, 6) is 0.899. The number of hydrogen-bond donors (Lipinski definition) is 2. The number of carbonyl (C=O) groups excluding carboxylic acids is 1. The molecule has 3 atom stereocenters. The van der Waals surface area contributed by atoms with Crippen molar-refractivity contribution in [2.75, 3.05) is 18.8 Å². The van der Waals surface area contributed by atoms with Gasteiger partial charge in [-0.2, -0.15) is 0 Å². The SMILES string of the molecule is CC(C)(C(=O)N1CC2CCC(O)C2C1)c1ccc(N)cc1. The number of anilines is 1. The van der Waals surface area contributed by atoms with Gasteiger partial charge >= 0.3 is 0 Å². The molecule has 1 aliphatic carbocycles. The Balaban J connectivity index is 1.77. The third-order valence-corrected chi connectivity index (χ3v) is 5.27. The maximum atomic E-state index is 12.9. The van der Waals surface area contributed by atoms with E-state index >= 15 is 0 Å². The quantitative estimate of drug-likeness (QED) is 0.815. The number of benzene rings is 1. The summed E-state index contributed by atoms with van der Waals surface area (Å²) in [6.07, 6.45) is 1.70. The van der Waals surface area contributed by atoms with Gasteiger partial charge in [0.05, 0.1) is 11.5 Å². The van der Waals surface area contributed by atoms with E-state index in [2.05, 4.69) is 0 Å². The first-order valence-corrected chi connectivity index (χ1v) is 7.73. The monoisotopic (exact) mass is 288 g/mol. The lowest BCUT2D eigenvalue weighted by atomic mass is 9.83. The van der Waals surface area contributed by atoms with Gasteiger partial charge in [0.15, 0.2) is 0 Å². The number of amides is 1. The second-order valence-corrected chi connectivity index (χ2v) is 7.03. The molecule has 2 fully saturated rings. The molecule has 21 heavy (non-hydrogen) atoms. The van der Waals surface area contributed by atoms with Crippen molar-refractivity contribution in [3.63, 3.8) is 0 Å². The average Bonchev–Trinajstić information content (AvgIpc) is 3.01. The van der Waals surface area contributed by atoms with Crippen LogP contribution in [0, 0.1) is 11.8 Å². The Morgan fingerprint density at radius 3 is 2.52 bits per heavy atom. The van der Waals surface area contributed by atoms with Gasteiger partial charge in [0.25, 0.3) is 0 Å². The van der Waals surface area contributed by atoms with Gasteiger partial charge in [0.1, 0.15) is 0 Å². The fourth-order valence-electron chi connectivity index (χ4n) is 3.82. The van der Waals surface area contributed by atoms with E-state index in [-0.39, 0.29) is 17.9 Å². The Kier molecular flexibility index (Phi) is 3.44. The number of rotatable bonds is 2. The molecule has 0 radical (unpaired) electrons. The maximum absolute atomic E-state index is 12.9. The van der Waals surface area contributed by atoms with Crippen molar-refractivity contribution in [2.24, 2.45) is 11.8 Å². The van der Waals surface area contributed by atoms with Crippen LogP contribution in [-0.2, 0) is 10.2 Å². The van der Waals surface area contributed by atoms with Gasteiger partial charge in [-0.25, -0.2) is 0 Å². The Hall–Kier alpha value is -1.55. The van der Waals surface area contributed by atoms with Crippen molar-refractivity contribution < 1.29 is 9.90 Å². The van der Waals surface area contributed by atoms with Gasteiger partial charge in [-0.15, -0.1) is 0 Å². The number of aliphatic hydroxyl groups excluding tert-OH is 1. The minimum absolute atomic E-state index is 0.147. The molecule has 1 amide bonds. The number of likely N-dealkylation sites (tertiary alicyclic amines) is 1. The number of fused-ring (bicyclic) bond motifs is 1. The van der Waals surface area contributed by atoms with Crippen molar-refractivity contribution in [1.82, 2.24) is 4.90 Å². The highest BCUT2D eigenvalue weighted by Crippen LogP contribution is 2.39. The molecule has 3 rings (SSSR count). The van der Waals surface area contributed by atoms with Crippen LogP contribution in [0.5, 0.6) is 0 Å². The van der Waals surface area contributed by atoms with Crippen LogP contribution in [0.3, 0.4) is 0 Å². The summed E-state index contributed by atoms with van der Waals surface area (Å²) in [6.45, 7) is 5.42. The Bertz CT molecular complexity index is 538. The number of hydrogen-bond acceptors (Lipinski definition) is 3. The van der Waals surface area contributed by atoms with Gasteiger partial charge in [0.2, 0.25) is 5.91 Å². The predicted molar refractivity (Wildman–Crippen MR) is 82.7 cm³/mol. The molecule has 4 nitrogen and oxygen atoms in total. The van der Waals surface area contributed by atoms with Crippen molar-refractivity contribution in [1.29, 1.82) is 0 Å². The molecule has 0 spiro atoms. The summed E-state index contributed by atoms with van der Waals surface area (Å²) in [4.78, 5) is 14.8. The van der Waals surface area contributed by atoms with Crippen molar-refractivity contribution in [3.8, 4) is 0 Å². The van der Waals surface area contributed by atoms with Crippen LogP contribution in [0.2, 0.25) is 0 Å². The number of nitrogen functional groups attached to an aromatic ring is 1. The standard InChI is InChI=1S/C17H24N2O2/c1-17(2,12-4-6-13(18)7-5-12)16(21)19-9-11-3-8-15(20)14(11)10-19/h4-7,11,14-15,20H,3,8-10,18H2,1-2H3. The number of nitrogens with two attached hydrogens (primary N) is 1. The largest absolute Gasteiger partial charge is 0.399 e. The van der Waals surface area contributed by atoms with Crippen LogP contribution >= 0.6 is 0 Å². The van der Waals surface area contributed by atoms with Crippen LogP contribution < -0.4 is 5.73 Å². The van der Waals surface area contributed by atoms with Gasteiger partial charge in [-0.1, -0.05) is 12.1 Å². The third-order valence-electron chi connectivity index (χ3n) is 5.27. The molecule has 0 aromatic heterocycles. The van der Waals surface area contributed by atoms with E-state index in [1.165, 1.54) is 0 Å². The number of nitrogens with zero attached hydrogens (tertiary/aromatic N) is 1. The lowest BCUT2D eigenvalue weighted by molar-refractivity contribution is -0.135. The predicted octanol–water partition coefficient (Wildman–Crippen LogP) is 1.78. The van der Waals surface area contributed by atoms with Gasteiger partial charge in [-0.3, -0.25) is 4.79 Å². The van der Waals surface area contributed by atoms with Gasteiger partial charge in [0, 0.05) is 24.7 Å². The summed E-state index contributed by atoms with van der Waals surface area (Å²) < 4.78 is 0. The zero-order valence-corrected chi connectivity index (χ0v) is 12.7. The zero-order valence-electron chi connectivity index (χ0n) is 12.7. The smallest absolute Gasteiger partial charge is 0.232 e. The lowest BCUT2D eigenvalue weighted by Crippen LogP contribution is -2.43. The fraction of sp³-hybridized carbons (Fsp3) is 0.588. The first kappa shape index (κ1) is 14.4. The fourth-order valence-corrected chi connectivity index (χ4v) is 3.82. The molecule has 1 heterocycles. The minimum Gasteiger partial charge on any atom is -0.399 e. The number of aliphatic hydroxyl groups is 1. The topological polar surface area (TPSA) is 66.6 Å². The van der Waals surface area contributed by atoms with E-state index in [0.717, 1.165) is 24.9 Å². The van der Waals surface area contributed by atoms with E-state index in [4.69, 9.17) is 5.73 Å². The van der Waals surface area contributed by atoms with Crippen molar-refractivity contribution in [3.05, 3.63) is 29.8 Å². The summed E-state index contributed by atoms with van der Waals surface area (Å²) in [6, 6.07) is 7.54. The molecule has 3 N–H and O–H groups in total. The van der Waals surface area contributed by atoms with E-state index in [1.54, 1.807) is 0 Å². The maximum Gasteiger partial charge on any atom is 0.232 e. The zero-order chi connectivity index (χ0) is 15.2. The summed E-state index contributed by atoms with van der Waals surface area (Å²) >= 11 is 0. The Morgan fingerprint density at radius 2 is 1.90 bits per heavy atom. The van der Waals surface area contributed by atoms with E-state index in [1.807, 2.05) is 43.0 Å². The van der Waals surface area contributed by atoms with E-state index in [9.17, 15) is 9.90 Å². The van der Waals surface area contributed by atoms with Crippen LogP contribution in [0.4, 0.5) is 5.69 Å². The molecular weight excluding hydrogens is 264 g/mol. The van der Waals surface area contributed by atoms with Crippen molar-refractivity contribution in [2.45, 2.75) is 38.2 Å². The lowest BCUT2D eigenvalue weighted by Gasteiger charge is -2.30. The first-order chi connectivity index (χ1) is 9.89. The summed E-state index contributed by atoms with van der Waals surface area (Å²) in [7, 11) is 0. The van der Waals surface area contributed by atoms with Crippen molar-refractivity contribution >= 4 is 11.6 Å². The highest BCUT2D eigenvalue weighted by molar-refractivity contribution is 5.87. The minimum atomic E-state index is -0.558. The van der Waals surface area contributed by atoms with E-state index in [0.29, 0.717) is 18.2 Å². The highest BCUT2D eigenvalue weighted by atomic mass is 16.3. The highest BCUT2D eigenvalue weighted by Gasteiger charge is 2.46. The Morgan fingerprint density at radius 1 is 1.24 bits per heavy atom. The molecule has 1 aromatic carbocycles. The van der Waals surface area contributed by atoms with E-state index < -0.39 is 5.41 Å². The second kappa shape index (κ2) is 5.02. The average molecular weight is 288 g/mol. The number of carbonyl (C=O) groups is 1.